The van der Waals surface area contributed by atoms with Crippen molar-refractivity contribution in [1.82, 2.24) is 0 Å². The Labute approximate surface area is 91.8 Å². The average molecular weight is 263 g/mol. The molecule has 0 saturated heterocycles. The van der Waals surface area contributed by atoms with Crippen molar-refractivity contribution in [2.24, 2.45) is 0 Å². The lowest BCUT2D eigenvalue weighted by atomic mass is 10.0. The first-order chi connectivity index (χ1) is 7.16. The topological polar surface area (TPSA) is 0 Å². The van der Waals surface area contributed by atoms with Crippen LogP contribution < -0.4 is 0 Å². The van der Waals surface area contributed by atoms with E-state index < -0.39 is 34.9 Å². The standard InChI is InChI=1S/C9H5ClF6/c10-4-5-3-6(8(11,12)13)1-2-7(5)9(14,15)16/h1-3H,4H2. The van der Waals surface area contributed by atoms with Gasteiger partial charge in [0.25, 0.3) is 0 Å². The van der Waals surface area contributed by atoms with E-state index in [9.17, 15) is 26.3 Å². The van der Waals surface area contributed by atoms with Crippen LogP contribution in [-0.2, 0) is 18.2 Å². The molecule has 0 aliphatic rings. The summed E-state index contributed by atoms with van der Waals surface area (Å²) >= 11 is 5.19. The molecule has 16 heavy (non-hydrogen) atoms. The highest BCUT2D eigenvalue weighted by molar-refractivity contribution is 6.17. The van der Waals surface area contributed by atoms with Crippen LogP contribution in [0.1, 0.15) is 16.7 Å². The molecule has 0 saturated carbocycles. The third kappa shape index (κ3) is 2.81. The third-order valence-electron chi connectivity index (χ3n) is 1.88. The average Bonchev–Trinajstić information content (AvgIpc) is 2.14. The number of hydrogen-bond donors (Lipinski definition) is 0. The molecule has 0 unspecified atom stereocenters. The molecular formula is C9H5ClF6. The van der Waals surface area contributed by atoms with Crippen LogP contribution in [0.5, 0.6) is 0 Å². The summed E-state index contributed by atoms with van der Waals surface area (Å²) in [6, 6.07) is 1.19. The highest BCUT2D eigenvalue weighted by Gasteiger charge is 2.36. The number of hydrogen-bond acceptors (Lipinski definition) is 0. The van der Waals surface area contributed by atoms with Crippen molar-refractivity contribution in [3.05, 3.63) is 34.9 Å². The van der Waals surface area contributed by atoms with Gasteiger partial charge in [0.2, 0.25) is 0 Å². The summed E-state index contributed by atoms with van der Waals surface area (Å²) in [5.41, 5.74) is -2.87. The minimum atomic E-state index is -4.70. The Morgan fingerprint density at radius 3 is 1.88 bits per heavy atom. The second kappa shape index (κ2) is 4.16. The highest BCUT2D eigenvalue weighted by Crippen LogP contribution is 2.36. The molecule has 0 spiro atoms. The van der Waals surface area contributed by atoms with Crippen molar-refractivity contribution in [1.29, 1.82) is 0 Å². The number of benzene rings is 1. The highest BCUT2D eigenvalue weighted by atomic mass is 35.5. The Balaban J connectivity index is 3.28. The maximum Gasteiger partial charge on any atom is 0.416 e. The lowest BCUT2D eigenvalue weighted by molar-refractivity contribution is -0.141. The van der Waals surface area contributed by atoms with Crippen LogP contribution >= 0.6 is 11.6 Å². The quantitative estimate of drug-likeness (QED) is 0.518. The minimum absolute atomic E-state index is 0.388. The van der Waals surface area contributed by atoms with Gasteiger partial charge >= 0.3 is 12.4 Å². The fourth-order valence-corrected chi connectivity index (χ4v) is 1.38. The molecule has 0 N–H and O–H groups in total. The van der Waals surface area contributed by atoms with Crippen LogP contribution in [0.3, 0.4) is 0 Å². The van der Waals surface area contributed by atoms with Crippen molar-refractivity contribution in [3.63, 3.8) is 0 Å². The van der Waals surface area contributed by atoms with E-state index in [0.717, 1.165) is 0 Å². The van der Waals surface area contributed by atoms with Crippen LogP contribution in [0.2, 0.25) is 0 Å². The maximum absolute atomic E-state index is 12.3. The summed E-state index contributed by atoms with van der Waals surface area (Å²) in [4.78, 5) is 0. The van der Waals surface area contributed by atoms with Gasteiger partial charge in [-0.2, -0.15) is 26.3 Å². The third-order valence-corrected chi connectivity index (χ3v) is 2.17. The first kappa shape index (κ1) is 13.2. The van der Waals surface area contributed by atoms with Crippen LogP contribution in [0.4, 0.5) is 26.3 Å². The van der Waals surface area contributed by atoms with Gasteiger partial charge in [-0.3, -0.25) is 0 Å². The molecular weight excluding hydrogens is 258 g/mol. The van der Waals surface area contributed by atoms with Crippen molar-refractivity contribution in [2.75, 3.05) is 0 Å². The lowest BCUT2D eigenvalue weighted by Crippen LogP contribution is -2.12. The van der Waals surface area contributed by atoms with E-state index in [-0.39, 0.29) is 0 Å². The molecule has 90 valence electrons. The van der Waals surface area contributed by atoms with E-state index in [2.05, 4.69) is 0 Å². The Kier molecular flexibility index (Phi) is 3.42. The van der Waals surface area contributed by atoms with Crippen molar-refractivity contribution in [2.45, 2.75) is 18.2 Å². The van der Waals surface area contributed by atoms with Gasteiger partial charge in [0.15, 0.2) is 0 Å². The molecule has 1 aromatic carbocycles. The van der Waals surface area contributed by atoms with Gasteiger partial charge in [0.1, 0.15) is 0 Å². The zero-order valence-electron chi connectivity index (χ0n) is 7.58. The molecule has 0 aromatic heterocycles. The molecule has 0 bridgehead atoms. The molecule has 0 atom stereocenters. The van der Waals surface area contributed by atoms with Gasteiger partial charge in [-0.05, 0) is 23.8 Å². The first-order valence-electron chi connectivity index (χ1n) is 3.99. The molecule has 0 heterocycles. The monoisotopic (exact) mass is 262 g/mol. The smallest absolute Gasteiger partial charge is 0.166 e. The molecule has 0 nitrogen and oxygen atoms in total. The predicted molar refractivity (Wildman–Crippen MR) is 46.0 cm³/mol. The first-order valence-corrected chi connectivity index (χ1v) is 4.53. The Bertz CT molecular complexity index is 379. The molecule has 0 radical (unpaired) electrons. The number of alkyl halides is 7. The second-order valence-electron chi connectivity index (χ2n) is 3.00. The summed E-state index contributed by atoms with van der Waals surface area (Å²) < 4.78 is 73.6. The van der Waals surface area contributed by atoms with E-state index in [0.29, 0.717) is 18.2 Å². The van der Waals surface area contributed by atoms with Gasteiger partial charge < -0.3 is 0 Å². The normalized spacial score (nSPS) is 12.9. The van der Waals surface area contributed by atoms with Crippen molar-refractivity contribution >= 4 is 11.6 Å². The summed E-state index contributed by atoms with van der Waals surface area (Å²) in [6.45, 7) is 0. The molecule has 1 aromatic rings. The minimum Gasteiger partial charge on any atom is -0.166 e. The van der Waals surface area contributed by atoms with Gasteiger partial charge in [-0.15, -0.1) is 11.6 Å². The number of rotatable bonds is 1. The molecule has 0 aliphatic carbocycles. The SMILES string of the molecule is FC(F)(F)c1ccc(C(F)(F)F)c(CCl)c1. The van der Waals surface area contributed by atoms with Crippen LogP contribution in [0.25, 0.3) is 0 Å². The van der Waals surface area contributed by atoms with E-state index in [1.807, 2.05) is 0 Å². The predicted octanol–water partition coefficient (Wildman–Crippen LogP) is 4.46. The number of halogens is 7. The maximum atomic E-state index is 12.3. The van der Waals surface area contributed by atoms with E-state index in [4.69, 9.17) is 11.6 Å². The zero-order chi connectivity index (χ0) is 12.6. The van der Waals surface area contributed by atoms with Gasteiger partial charge in [-0.25, -0.2) is 0 Å². The van der Waals surface area contributed by atoms with E-state index in [1.54, 1.807) is 0 Å². The van der Waals surface area contributed by atoms with Crippen molar-refractivity contribution in [3.8, 4) is 0 Å². The van der Waals surface area contributed by atoms with Crippen LogP contribution in [0.15, 0.2) is 18.2 Å². The zero-order valence-corrected chi connectivity index (χ0v) is 8.34. The Morgan fingerprint density at radius 2 is 1.50 bits per heavy atom. The largest absolute Gasteiger partial charge is 0.416 e. The van der Waals surface area contributed by atoms with Crippen LogP contribution in [-0.4, -0.2) is 0 Å². The Hall–Kier alpha value is -0.910. The van der Waals surface area contributed by atoms with Crippen molar-refractivity contribution < 1.29 is 26.3 Å². The summed E-state index contributed by atoms with van der Waals surface area (Å²) in [5.74, 6) is -0.626. The fourth-order valence-electron chi connectivity index (χ4n) is 1.16. The lowest BCUT2D eigenvalue weighted by Gasteiger charge is -2.14. The second-order valence-corrected chi connectivity index (χ2v) is 3.27. The molecule has 0 fully saturated rings. The molecule has 0 aliphatic heterocycles. The van der Waals surface area contributed by atoms with E-state index >= 15 is 0 Å². The molecule has 0 amide bonds. The fraction of sp³-hybridized carbons (Fsp3) is 0.333. The Morgan fingerprint density at radius 1 is 0.938 bits per heavy atom. The summed E-state index contributed by atoms with van der Waals surface area (Å²) in [5, 5.41) is 0. The molecule has 1 rings (SSSR count). The summed E-state index contributed by atoms with van der Waals surface area (Å²) in [6.07, 6.45) is -9.38. The van der Waals surface area contributed by atoms with Gasteiger partial charge in [0.05, 0.1) is 11.1 Å². The van der Waals surface area contributed by atoms with E-state index in [1.165, 1.54) is 0 Å². The van der Waals surface area contributed by atoms with Gasteiger partial charge in [-0.1, -0.05) is 0 Å². The molecule has 7 heteroatoms. The van der Waals surface area contributed by atoms with Gasteiger partial charge in [0, 0.05) is 5.88 Å². The summed E-state index contributed by atoms with van der Waals surface area (Å²) in [7, 11) is 0. The van der Waals surface area contributed by atoms with Crippen LogP contribution in [0, 0.1) is 0 Å².